The van der Waals surface area contributed by atoms with Crippen LogP contribution < -0.4 is 15.4 Å². The van der Waals surface area contributed by atoms with E-state index in [9.17, 15) is 9.59 Å². The van der Waals surface area contributed by atoms with Crippen LogP contribution >= 0.6 is 0 Å². The maximum Gasteiger partial charge on any atom is 0.270 e. The molecule has 0 saturated carbocycles. The molecule has 1 saturated heterocycles. The minimum atomic E-state index is -0.803. The van der Waals surface area contributed by atoms with Gasteiger partial charge in [-0.15, -0.1) is 0 Å². The van der Waals surface area contributed by atoms with Crippen LogP contribution in [0.25, 0.3) is 0 Å². The second-order valence-electron chi connectivity index (χ2n) is 7.28. The number of carbonyl (C=O) groups excluding carboxylic acids is 2. The van der Waals surface area contributed by atoms with E-state index in [4.69, 9.17) is 9.47 Å². The molecule has 3 aromatic carbocycles. The van der Waals surface area contributed by atoms with Crippen LogP contribution in [0, 0.1) is 0 Å². The minimum absolute atomic E-state index is 0.144. The first kappa shape index (κ1) is 20.6. The lowest BCUT2D eigenvalue weighted by Gasteiger charge is -2.19. The van der Waals surface area contributed by atoms with Crippen LogP contribution in [0.15, 0.2) is 84.9 Å². The maximum absolute atomic E-state index is 13.0. The van der Waals surface area contributed by atoms with Crippen LogP contribution in [0.1, 0.15) is 24.5 Å². The van der Waals surface area contributed by atoms with E-state index in [1.165, 1.54) is 0 Å². The Morgan fingerprint density at radius 2 is 1.45 bits per heavy atom. The van der Waals surface area contributed by atoms with Gasteiger partial charge < -0.3 is 20.1 Å². The molecule has 0 spiro atoms. The van der Waals surface area contributed by atoms with E-state index >= 15 is 0 Å². The van der Waals surface area contributed by atoms with Crippen molar-refractivity contribution in [1.29, 1.82) is 0 Å². The molecule has 2 atom stereocenters. The Labute approximate surface area is 181 Å². The monoisotopic (exact) mass is 416 g/mol. The number of hydrogen-bond donors (Lipinski definition) is 2. The van der Waals surface area contributed by atoms with Crippen LogP contribution in [0.3, 0.4) is 0 Å². The van der Waals surface area contributed by atoms with E-state index in [-0.39, 0.29) is 17.9 Å². The number of rotatable bonds is 7. The lowest BCUT2D eigenvalue weighted by Crippen LogP contribution is -2.27. The fourth-order valence-electron chi connectivity index (χ4n) is 3.39. The van der Waals surface area contributed by atoms with E-state index in [1.807, 2.05) is 60.7 Å². The van der Waals surface area contributed by atoms with Crippen molar-refractivity contribution >= 4 is 23.2 Å². The third-order valence-corrected chi connectivity index (χ3v) is 4.98. The van der Waals surface area contributed by atoms with Gasteiger partial charge in [0.25, 0.3) is 11.8 Å². The van der Waals surface area contributed by atoms with Crippen molar-refractivity contribution in [2.45, 2.75) is 25.0 Å². The highest BCUT2D eigenvalue weighted by Crippen LogP contribution is 2.24. The summed E-state index contributed by atoms with van der Waals surface area (Å²) in [5, 5.41) is 5.74. The van der Waals surface area contributed by atoms with Crippen molar-refractivity contribution in [3.05, 3.63) is 90.5 Å². The molecule has 0 unspecified atom stereocenters. The molecule has 31 heavy (non-hydrogen) atoms. The lowest BCUT2D eigenvalue weighted by atomic mass is 10.1. The molecular weight excluding hydrogens is 392 g/mol. The van der Waals surface area contributed by atoms with Gasteiger partial charge in [-0.1, -0.05) is 48.5 Å². The highest BCUT2D eigenvalue weighted by molar-refractivity contribution is 5.96. The lowest BCUT2D eigenvalue weighted by molar-refractivity contribution is -0.124. The predicted molar refractivity (Wildman–Crippen MR) is 119 cm³/mol. The fraction of sp³-hybridized carbons (Fsp3) is 0.200. The summed E-state index contributed by atoms with van der Waals surface area (Å²) in [7, 11) is 0. The molecule has 1 heterocycles. The Kier molecular flexibility index (Phi) is 6.59. The minimum Gasteiger partial charge on any atom is -0.476 e. The van der Waals surface area contributed by atoms with Crippen LogP contribution in [0.5, 0.6) is 5.75 Å². The summed E-state index contributed by atoms with van der Waals surface area (Å²) < 4.78 is 11.4. The predicted octanol–water partition coefficient (Wildman–Crippen LogP) is 4.56. The Hall–Kier alpha value is -3.64. The number of anilines is 2. The zero-order valence-corrected chi connectivity index (χ0v) is 17.0. The van der Waals surface area contributed by atoms with Crippen molar-refractivity contribution in [3.63, 3.8) is 0 Å². The summed E-state index contributed by atoms with van der Waals surface area (Å²) in [5.74, 6) is 0.180. The van der Waals surface area contributed by atoms with Gasteiger partial charge in [-0.25, -0.2) is 0 Å². The quantitative estimate of drug-likeness (QED) is 0.592. The van der Waals surface area contributed by atoms with Gasteiger partial charge in [0, 0.05) is 23.5 Å². The van der Waals surface area contributed by atoms with Crippen LogP contribution in [-0.2, 0) is 14.3 Å². The van der Waals surface area contributed by atoms with Crippen LogP contribution in [-0.4, -0.2) is 24.5 Å². The van der Waals surface area contributed by atoms with E-state index in [0.29, 0.717) is 23.7 Å². The smallest absolute Gasteiger partial charge is 0.270 e. The molecule has 1 aliphatic rings. The fourth-order valence-corrected chi connectivity index (χ4v) is 3.39. The average Bonchev–Trinajstić information content (AvgIpc) is 3.35. The van der Waals surface area contributed by atoms with Crippen molar-refractivity contribution < 1.29 is 19.1 Å². The summed E-state index contributed by atoms with van der Waals surface area (Å²) in [6.45, 7) is 0.622. The Morgan fingerprint density at radius 1 is 0.839 bits per heavy atom. The largest absolute Gasteiger partial charge is 0.476 e. The molecule has 2 amide bonds. The van der Waals surface area contributed by atoms with Crippen LogP contribution in [0.2, 0.25) is 0 Å². The number of nitrogens with one attached hydrogen (secondary N) is 2. The normalized spacial score (nSPS) is 16.3. The SMILES string of the molecule is O=C(Nc1ccc(NC(=O)[C@@H](Oc2ccccc2)c2ccccc2)cc1)[C@@H]1CCCO1. The number of ether oxygens (including phenoxy) is 2. The standard InChI is InChI=1S/C25H24N2O4/c28-24(22-12-7-17-30-22)26-19-13-15-20(16-14-19)27-25(29)23(18-8-3-1-4-9-18)31-21-10-5-2-6-11-21/h1-6,8-11,13-16,22-23H,7,12,17H2,(H,26,28)(H,27,29)/t22-,23-/m0/s1. The first-order chi connectivity index (χ1) is 15.2. The van der Waals surface area contributed by atoms with Gasteiger partial charge in [0.1, 0.15) is 11.9 Å². The molecule has 3 aromatic rings. The summed E-state index contributed by atoms with van der Waals surface area (Å²) in [5.41, 5.74) is 2.01. The molecule has 0 aliphatic carbocycles. The van der Waals surface area contributed by atoms with Crippen molar-refractivity contribution in [2.75, 3.05) is 17.2 Å². The molecule has 158 valence electrons. The zero-order chi connectivity index (χ0) is 21.5. The first-order valence-electron chi connectivity index (χ1n) is 10.3. The third-order valence-electron chi connectivity index (χ3n) is 4.98. The molecule has 2 N–H and O–H groups in total. The zero-order valence-electron chi connectivity index (χ0n) is 17.0. The summed E-state index contributed by atoms with van der Waals surface area (Å²) in [4.78, 5) is 25.2. The molecule has 6 heteroatoms. The van der Waals surface area contributed by atoms with Crippen molar-refractivity contribution in [3.8, 4) is 5.75 Å². The van der Waals surface area contributed by atoms with Gasteiger partial charge >= 0.3 is 0 Å². The second-order valence-corrected chi connectivity index (χ2v) is 7.28. The molecule has 1 aliphatic heterocycles. The summed E-state index contributed by atoms with van der Waals surface area (Å²) >= 11 is 0. The van der Waals surface area contributed by atoms with E-state index in [1.54, 1.807) is 24.3 Å². The molecular formula is C25H24N2O4. The van der Waals surface area contributed by atoms with E-state index in [2.05, 4.69) is 10.6 Å². The van der Waals surface area contributed by atoms with E-state index < -0.39 is 6.10 Å². The number of hydrogen-bond acceptors (Lipinski definition) is 4. The molecule has 0 aromatic heterocycles. The van der Waals surface area contributed by atoms with Crippen LogP contribution in [0.4, 0.5) is 11.4 Å². The number of amides is 2. The molecule has 0 radical (unpaired) electrons. The topological polar surface area (TPSA) is 76.7 Å². The van der Waals surface area contributed by atoms with Gasteiger partial charge in [0.2, 0.25) is 6.10 Å². The maximum atomic E-state index is 13.0. The third kappa shape index (κ3) is 5.49. The highest BCUT2D eigenvalue weighted by atomic mass is 16.5. The van der Waals surface area contributed by atoms with Gasteiger partial charge in [-0.05, 0) is 49.2 Å². The van der Waals surface area contributed by atoms with Gasteiger partial charge in [0.15, 0.2) is 0 Å². The van der Waals surface area contributed by atoms with Crippen molar-refractivity contribution in [1.82, 2.24) is 0 Å². The van der Waals surface area contributed by atoms with Gasteiger partial charge in [-0.3, -0.25) is 9.59 Å². The average molecular weight is 416 g/mol. The molecule has 0 bridgehead atoms. The molecule has 1 fully saturated rings. The van der Waals surface area contributed by atoms with E-state index in [0.717, 1.165) is 18.4 Å². The van der Waals surface area contributed by atoms with Gasteiger partial charge in [-0.2, -0.15) is 0 Å². The number of carbonyl (C=O) groups is 2. The summed E-state index contributed by atoms with van der Waals surface area (Å²) in [6.07, 6.45) is 0.447. The summed E-state index contributed by atoms with van der Waals surface area (Å²) in [6, 6.07) is 25.6. The Bertz CT molecular complexity index is 1000. The first-order valence-corrected chi connectivity index (χ1v) is 10.3. The Morgan fingerprint density at radius 3 is 2.06 bits per heavy atom. The highest BCUT2D eigenvalue weighted by Gasteiger charge is 2.24. The molecule has 6 nitrogen and oxygen atoms in total. The second kappa shape index (κ2) is 9.91. The number of para-hydroxylation sites is 1. The van der Waals surface area contributed by atoms with Crippen molar-refractivity contribution in [2.24, 2.45) is 0 Å². The van der Waals surface area contributed by atoms with Gasteiger partial charge in [0.05, 0.1) is 0 Å². The number of benzene rings is 3. The molecule has 4 rings (SSSR count). The Balaban J connectivity index is 1.43.